The van der Waals surface area contributed by atoms with Gasteiger partial charge in [-0.3, -0.25) is 9.59 Å². The zero-order chi connectivity index (χ0) is 15.1. The summed E-state index contributed by atoms with van der Waals surface area (Å²) >= 11 is 0. The zero-order valence-corrected chi connectivity index (χ0v) is 10.3. The minimum Gasteiger partial charge on any atom is -0.336 e. The van der Waals surface area contributed by atoms with Crippen LogP contribution in [0.2, 0.25) is 0 Å². The molecule has 1 unspecified atom stereocenters. The smallest absolute Gasteiger partial charge is 0.336 e. The summed E-state index contributed by atoms with van der Waals surface area (Å²) in [6, 6.07) is 2.33. The Morgan fingerprint density at radius 1 is 1.40 bits per heavy atom. The first-order chi connectivity index (χ1) is 9.20. The molecule has 0 aliphatic carbocycles. The lowest BCUT2D eigenvalue weighted by molar-refractivity contribution is -0.174. The molecule has 0 radical (unpaired) electrons. The van der Waals surface area contributed by atoms with Crippen molar-refractivity contribution < 1.29 is 27.2 Å². The average Bonchev–Trinajstić information content (AvgIpc) is 2.35. The maximum absolute atomic E-state index is 13.1. The summed E-state index contributed by atoms with van der Waals surface area (Å²) in [7, 11) is 1.31. The molecule has 0 saturated heterocycles. The first kappa shape index (κ1) is 14.3. The molecule has 0 spiro atoms. The van der Waals surface area contributed by atoms with Gasteiger partial charge in [-0.05, 0) is 17.7 Å². The van der Waals surface area contributed by atoms with Crippen molar-refractivity contribution in [3.05, 3.63) is 29.6 Å². The number of anilines is 1. The van der Waals surface area contributed by atoms with E-state index < -0.39 is 29.8 Å². The minimum absolute atomic E-state index is 0.111. The number of fused-ring (bicyclic) bond motifs is 1. The predicted octanol–water partition coefficient (Wildman–Crippen LogP) is 1.39. The number of likely N-dealkylation sites (N-methyl/N-ethyl adjacent to an activating group) is 1. The van der Waals surface area contributed by atoms with E-state index in [0.29, 0.717) is 5.56 Å². The van der Waals surface area contributed by atoms with Crippen LogP contribution in [0.5, 0.6) is 0 Å². The first-order valence-corrected chi connectivity index (χ1v) is 5.64. The molecule has 1 heterocycles. The van der Waals surface area contributed by atoms with Gasteiger partial charge in [0.2, 0.25) is 5.91 Å². The fourth-order valence-corrected chi connectivity index (χ4v) is 2.03. The highest BCUT2D eigenvalue weighted by molar-refractivity contribution is 6.02. The fraction of sp³-hybridized carbons (Fsp3) is 0.333. The second-order valence-electron chi connectivity index (χ2n) is 4.40. The van der Waals surface area contributed by atoms with Crippen LogP contribution < -0.4 is 10.2 Å². The van der Waals surface area contributed by atoms with E-state index >= 15 is 0 Å². The van der Waals surface area contributed by atoms with E-state index in [1.54, 1.807) is 5.32 Å². The molecule has 1 atom stereocenters. The van der Waals surface area contributed by atoms with Crippen LogP contribution >= 0.6 is 0 Å². The van der Waals surface area contributed by atoms with Crippen molar-refractivity contribution in [2.75, 3.05) is 11.9 Å². The number of alkyl halides is 3. The normalized spacial score (nSPS) is 18.8. The van der Waals surface area contributed by atoms with E-state index in [2.05, 4.69) is 0 Å². The summed E-state index contributed by atoms with van der Waals surface area (Å²) in [6.07, 6.45) is -5.16. The van der Waals surface area contributed by atoms with Crippen LogP contribution in [0.15, 0.2) is 18.2 Å². The lowest BCUT2D eigenvalue weighted by Gasteiger charge is -2.32. The quantitative estimate of drug-likeness (QED) is 0.795. The SMILES string of the molecule is CN1C(=O)C(NC(=O)C(F)(F)F)Cc2ccc(F)cc21. The molecule has 1 aliphatic rings. The van der Waals surface area contributed by atoms with Crippen molar-refractivity contribution >= 4 is 17.5 Å². The molecule has 0 aromatic heterocycles. The third-order valence-electron chi connectivity index (χ3n) is 3.02. The zero-order valence-electron chi connectivity index (χ0n) is 10.3. The third-order valence-corrected chi connectivity index (χ3v) is 3.02. The Bertz CT molecular complexity index is 571. The fourth-order valence-electron chi connectivity index (χ4n) is 2.03. The van der Waals surface area contributed by atoms with Crippen LogP contribution in [0.4, 0.5) is 23.2 Å². The van der Waals surface area contributed by atoms with Crippen LogP contribution in [0.1, 0.15) is 5.56 Å². The van der Waals surface area contributed by atoms with Crippen molar-refractivity contribution in [2.45, 2.75) is 18.6 Å². The van der Waals surface area contributed by atoms with Crippen LogP contribution in [-0.4, -0.2) is 31.1 Å². The van der Waals surface area contributed by atoms with Crippen molar-refractivity contribution in [1.29, 1.82) is 0 Å². The maximum Gasteiger partial charge on any atom is 0.471 e. The van der Waals surface area contributed by atoms with E-state index in [1.807, 2.05) is 0 Å². The van der Waals surface area contributed by atoms with E-state index in [0.717, 1.165) is 17.0 Å². The summed E-state index contributed by atoms with van der Waals surface area (Å²) in [5.74, 6) is -3.45. The van der Waals surface area contributed by atoms with Crippen molar-refractivity contribution in [2.24, 2.45) is 0 Å². The molecule has 20 heavy (non-hydrogen) atoms. The number of carbonyl (C=O) groups excluding carboxylic acids is 2. The summed E-state index contributed by atoms with van der Waals surface area (Å²) in [5.41, 5.74) is 0.772. The van der Waals surface area contributed by atoms with Gasteiger partial charge in [-0.1, -0.05) is 6.07 Å². The van der Waals surface area contributed by atoms with E-state index in [-0.39, 0.29) is 12.1 Å². The Morgan fingerprint density at radius 2 is 2.05 bits per heavy atom. The topological polar surface area (TPSA) is 49.4 Å². The Balaban J connectivity index is 2.25. The molecule has 1 aromatic carbocycles. The van der Waals surface area contributed by atoms with Crippen molar-refractivity contribution in [3.63, 3.8) is 0 Å². The first-order valence-electron chi connectivity index (χ1n) is 5.64. The van der Waals surface area contributed by atoms with Crippen LogP contribution in [0.3, 0.4) is 0 Å². The molecule has 0 saturated carbocycles. The Labute approximate surface area is 111 Å². The lowest BCUT2D eigenvalue weighted by atomic mass is 9.97. The molecule has 108 valence electrons. The van der Waals surface area contributed by atoms with Crippen molar-refractivity contribution in [3.8, 4) is 0 Å². The van der Waals surface area contributed by atoms with Crippen LogP contribution in [-0.2, 0) is 16.0 Å². The number of nitrogens with zero attached hydrogens (tertiary/aromatic N) is 1. The largest absolute Gasteiger partial charge is 0.471 e. The lowest BCUT2D eigenvalue weighted by Crippen LogP contribution is -2.54. The molecule has 4 nitrogen and oxygen atoms in total. The monoisotopic (exact) mass is 290 g/mol. The molecule has 1 aromatic rings. The number of rotatable bonds is 1. The standard InChI is InChI=1S/C12H10F4N2O2/c1-18-9-5-7(13)3-2-6(9)4-8(10(18)19)17-11(20)12(14,15)16/h2-3,5,8H,4H2,1H3,(H,17,20). The van der Waals surface area contributed by atoms with Gasteiger partial charge in [-0.2, -0.15) is 13.2 Å². The van der Waals surface area contributed by atoms with Gasteiger partial charge in [0.25, 0.3) is 0 Å². The number of nitrogens with one attached hydrogen (secondary N) is 1. The number of halogens is 4. The number of benzene rings is 1. The molecular formula is C12H10F4N2O2. The van der Waals surface area contributed by atoms with Gasteiger partial charge in [0, 0.05) is 19.2 Å². The van der Waals surface area contributed by atoms with Crippen LogP contribution in [0, 0.1) is 5.82 Å². The summed E-state index contributed by atoms with van der Waals surface area (Å²) in [6.45, 7) is 0. The number of hydrogen-bond acceptors (Lipinski definition) is 2. The Kier molecular flexibility index (Phi) is 3.41. The van der Waals surface area contributed by atoms with Gasteiger partial charge in [-0.15, -0.1) is 0 Å². The molecule has 8 heteroatoms. The van der Waals surface area contributed by atoms with E-state index in [4.69, 9.17) is 0 Å². The highest BCUT2D eigenvalue weighted by Gasteiger charge is 2.42. The summed E-state index contributed by atoms with van der Waals surface area (Å²) in [4.78, 5) is 23.8. The van der Waals surface area contributed by atoms with E-state index in [1.165, 1.54) is 13.1 Å². The Morgan fingerprint density at radius 3 is 2.65 bits per heavy atom. The second kappa shape index (κ2) is 4.77. The predicted molar refractivity (Wildman–Crippen MR) is 61.5 cm³/mol. The minimum atomic E-state index is -5.05. The molecule has 0 bridgehead atoms. The highest BCUT2D eigenvalue weighted by Crippen LogP contribution is 2.28. The third kappa shape index (κ3) is 2.59. The average molecular weight is 290 g/mol. The number of carbonyl (C=O) groups is 2. The van der Waals surface area contributed by atoms with Gasteiger partial charge in [0.1, 0.15) is 11.9 Å². The summed E-state index contributed by atoms with van der Waals surface area (Å²) < 4.78 is 49.7. The number of amides is 2. The van der Waals surface area contributed by atoms with Gasteiger partial charge in [-0.25, -0.2) is 4.39 Å². The van der Waals surface area contributed by atoms with Gasteiger partial charge in [0.15, 0.2) is 0 Å². The maximum atomic E-state index is 13.1. The van der Waals surface area contributed by atoms with Gasteiger partial charge in [0.05, 0.1) is 0 Å². The highest BCUT2D eigenvalue weighted by atomic mass is 19.4. The van der Waals surface area contributed by atoms with E-state index in [9.17, 15) is 27.2 Å². The molecule has 0 fully saturated rings. The molecule has 2 rings (SSSR count). The molecular weight excluding hydrogens is 280 g/mol. The van der Waals surface area contributed by atoms with Crippen molar-refractivity contribution in [1.82, 2.24) is 5.32 Å². The second-order valence-corrected chi connectivity index (χ2v) is 4.40. The van der Waals surface area contributed by atoms with Gasteiger partial charge >= 0.3 is 12.1 Å². The molecule has 1 N–H and O–H groups in total. The summed E-state index contributed by atoms with van der Waals surface area (Å²) in [5, 5.41) is 1.65. The van der Waals surface area contributed by atoms with Crippen LogP contribution in [0.25, 0.3) is 0 Å². The number of hydrogen-bond donors (Lipinski definition) is 1. The molecule has 1 aliphatic heterocycles. The molecule has 2 amide bonds. The van der Waals surface area contributed by atoms with Gasteiger partial charge < -0.3 is 10.2 Å². The Hall–Kier alpha value is -2.12.